The standard InChI is InChI=1S/C20H19ClIN5O2S/c1-12(23-19(29)15-5-3-4-6-16(15)21)18-25-26-20(27(18)2)30-11-17(28)24-14-9-7-13(22)8-10-14/h3-10,12H,11H2,1-2H3,(H,23,29)(H,24,28)/t12-/m0/s1. The van der Waals surface area contributed by atoms with E-state index in [1.54, 1.807) is 35.9 Å². The normalized spacial score (nSPS) is 11.7. The number of hydrogen-bond acceptors (Lipinski definition) is 5. The number of nitrogens with zero attached hydrogens (tertiary/aromatic N) is 3. The number of rotatable bonds is 7. The third-order valence-corrected chi connectivity index (χ3v) is 6.25. The predicted molar refractivity (Wildman–Crippen MR) is 127 cm³/mol. The lowest BCUT2D eigenvalue weighted by Crippen LogP contribution is -2.28. The predicted octanol–water partition coefficient (Wildman–Crippen LogP) is 4.29. The van der Waals surface area contributed by atoms with Gasteiger partial charge in [-0.25, -0.2) is 0 Å². The highest BCUT2D eigenvalue weighted by molar-refractivity contribution is 14.1. The van der Waals surface area contributed by atoms with Gasteiger partial charge in [-0.3, -0.25) is 9.59 Å². The second-order valence-electron chi connectivity index (χ2n) is 6.42. The van der Waals surface area contributed by atoms with E-state index in [1.807, 2.05) is 31.2 Å². The highest BCUT2D eigenvalue weighted by Crippen LogP contribution is 2.21. The van der Waals surface area contributed by atoms with Crippen LogP contribution in [0.4, 0.5) is 5.69 Å². The summed E-state index contributed by atoms with van der Waals surface area (Å²) < 4.78 is 2.86. The maximum absolute atomic E-state index is 12.5. The molecule has 0 spiro atoms. The second-order valence-corrected chi connectivity index (χ2v) is 9.01. The quantitative estimate of drug-likeness (QED) is 0.335. The molecule has 1 heterocycles. The highest BCUT2D eigenvalue weighted by atomic mass is 127. The Bertz CT molecular complexity index is 1060. The van der Waals surface area contributed by atoms with Crippen molar-refractivity contribution in [3.8, 4) is 0 Å². The van der Waals surface area contributed by atoms with E-state index in [0.717, 1.165) is 9.26 Å². The molecule has 0 fully saturated rings. The SMILES string of the molecule is C[C@H](NC(=O)c1ccccc1Cl)c1nnc(SCC(=O)Nc2ccc(I)cc2)n1C. The van der Waals surface area contributed by atoms with Crippen molar-refractivity contribution in [3.63, 3.8) is 0 Å². The summed E-state index contributed by atoms with van der Waals surface area (Å²) in [6.07, 6.45) is 0. The van der Waals surface area contributed by atoms with E-state index in [1.165, 1.54) is 11.8 Å². The Hall–Kier alpha value is -2.11. The van der Waals surface area contributed by atoms with Gasteiger partial charge in [0.15, 0.2) is 11.0 Å². The Morgan fingerprint density at radius 3 is 2.57 bits per heavy atom. The second kappa shape index (κ2) is 10.3. The number of hydrogen-bond donors (Lipinski definition) is 2. The Morgan fingerprint density at radius 1 is 1.17 bits per heavy atom. The van der Waals surface area contributed by atoms with Gasteiger partial charge in [-0.05, 0) is 65.9 Å². The van der Waals surface area contributed by atoms with E-state index in [0.29, 0.717) is 21.6 Å². The fourth-order valence-electron chi connectivity index (χ4n) is 2.67. The minimum atomic E-state index is -0.388. The van der Waals surface area contributed by atoms with Crippen LogP contribution in [0.3, 0.4) is 0 Å². The van der Waals surface area contributed by atoms with Crippen molar-refractivity contribution in [1.29, 1.82) is 0 Å². The molecule has 0 saturated carbocycles. The van der Waals surface area contributed by atoms with Crippen molar-refractivity contribution in [2.45, 2.75) is 18.1 Å². The van der Waals surface area contributed by atoms with Crippen LogP contribution in [0.15, 0.2) is 53.7 Å². The summed E-state index contributed by atoms with van der Waals surface area (Å²) in [5.74, 6) is 0.349. The summed E-state index contributed by atoms with van der Waals surface area (Å²) in [5.41, 5.74) is 1.14. The third kappa shape index (κ3) is 5.73. The van der Waals surface area contributed by atoms with Crippen molar-refractivity contribution >= 4 is 63.5 Å². The average Bonchev–Trinajstić information content (AvgIpc) is 3.09. The van der Waals surface area contributed by atoms with Gasteiger partial charge in [0.1, 0.15) is 0 Å². The van der Waals surface area contributed by atoms with Crippen LogP contribution in [0.25, 0.3) is 0 Å². The first-order chi connectivity index (χ1) is 14.3. The van der Waals surface area contributed by atoms with Gasteiger partial charge >= 0.3 is 0 Å². The van der Waals surface area contributed by atoms with Gasteiger partial charge in [-0.1, -0.05) is 35.5 Å². The Kier molecular flexibility index (Phi) is 7.73. The van der Waals surface area contributed by atoms with E-state index in [9.17, 15) is 9.59 Å². The molecule has 0 radical (unpaired) electrons. The van der Waals surface area contributed by atoms with Gasteiger partial charge in [0, 0.05) is 16.3 Å². The molecule has 0 aliphatic carbocycles. The molecule has 1 atom stereocenters. The van der Waals surface area contributed by atoms with Crippen LogP contribution < -0.4 is 10.6 Å². The Labute approximate surface area is 197 Å². The molecule has 0 aliphatic heterocycles. The number of aromatic nitrogens is 3. The van der Waals surface area contributed by atoms with Crippen LogP contribution in [-0.4, -0.2) is 32.3 Å². The van der Waals surface area contributed by atoms with Crippen molar-refractivity contribution in [1.82, 2.24) is 20.1 Å². The molecule has 3 rings (SSSR count). The van der Waals surface area contributed by atoms with Crippen molar-refractivity contribution in [3.05, 3.63) is 68.5 Å². The molecule has 10 heteroatoms. The zero-order chi connectivity index (χ0) is 21.7. The maximum Gasteiger partial charge on any atom is 0.253 e. The van der Waals surface area contributed by atoms with Gasteiger partial charge in [-0.15, -0.1) is 10.2 Å². The molecule has 3 aromatic rings. The molecule has 0 bridgehead atoms. The van der Waals surface area contributed by atoms with Gasteiger partial charge in [0.05, 0.1) is 22.4 Å². The topological polar surface area (TPSA) is 88.9 Å². The minimum absolute atomic E-state index is 0.133. The molecule has 2 amide bonds. The molecular weight excluding hydrogens is 537 g/mol. The van der Waals surface area contributed by atoms with Crippen LogP contribution >= 0.6 is 46.0 Å². The molecule has 7 nitrogen and oxygen atoms in total. The van der Waals surface area contributed by atoms with Gasteiger partial charge in [0.2, 0.25) is 5.91 Å². The molecule has 0 aliphatic rings. The summed E-state index contributed by atoms with van der Waals surface area (Å²) in [7, 11) is 1.80. The Morgan fingerprint density at radius 2 is 1.87 bits per heavy atom. The fraction of sp³-hybridized carbons (Fsp3) is 0.200. The number of halogens is 2. The summed E-state index contributed by atoms with van der Waals surface area (Å²) in [6, 6.07) is 14.0. The fourth-order valence-corrected chi connectivity index (χ4v) is 3.97. The number of carbonyl (C=O) groups excluding carboxylic acids is 2. The lowest BCUT2D eigenvalue weighted by atomic mass is 10.2. The maximum atomic E-state index is 12.5. The van der Waals surface area contributed by atoms with E-state index >= 15 is 0 Å². The smallest absolute Gasteiger partial charge is 0.253 e. The zero-order valence-electron chi connectivity index (χ0n) is 16.2. The molecule has 0 unspecified atom stereocenters. The van der Waals surface area contributed by atoms with Crippen molar-refractivity contribution < 1.29 is 9.59 Å². The first-order valence-electron chi connectivity index (χ1n) is 8.98. The van der Waals surface area contributed by atoms with Gasteiger partial charge in [0.25, 0.3) is 5.91 Å². The molecule has 2 aromatic carbocycles. The van der Waals surface area contributed by atoms with Crippen molar-refractivity contribution in [2.24, 2.45) is 7.05 Å². The van der Waals surface area contributed by atoms with E-state index < -0.39 is 0 Å². The highest BCUT2D eigenvalue weighted by Gasteiger charge is 2.20. The van der Waals surface area contributed by atoms with Crippen LogP contribution in [0.5, 0.6) is 0 Å². The number of anilines is 1. The summed E-state index contributed by atoms with van der Waals surface area (Å²) in [6.45, 7) is 1.82. The lowest BCUT2D eigenvalue weighted by Gasteiger charge is -2.14. The summed E-state index contributed by atoms with van der Waals surface area (Å²) in [5, 5.41) is 15.0. The van der Waals surface area contributed by atoms with E-state index in [-0.39, 0.29) is 23.6 Å². The van der Waals surface area contributed by atoms with Gasteiger partial charge < -0.3 is 15.2 Å². The molecule has 156 valence electrons. The number of thioether (sulfide) groups is 1. The minimum Gasteiger partial charge on any atom is -0.342 e. The summed E-state index contributed by atoms with van der Waals surface area (Å²) in [4.78, 5) is 24.7. The van der Waals surface area contributed by atoms with Crippen LogP contribution in [0.1, 0.15) is 29.1 Å². The number of nitrogens with one attached hydrogen (secondary N) is 2. The number of amides is 2. The molecule has 0 saturated heterocycles. The van der Waals surface area contributed by atoms with Gasteiger partial charge in [-0.2, -0.15) is 0 Å². The zero-order valence-corrected chi connectivity index (χ0v) is 20.0. The first kappa shape index (κ1) is 22.6. The number of benzene rings is 2. The largest absolute Gasteiger partial charge is 0.342 e. The lowest BCUT2D eigenvalue weighted by molar-refractivity contribution is -0.113. The van der Waals surface area contributed by atoms with E-state index in [4.69, 9.17) is 11.6 Å². The van der Waals surface area contributed by atoms with E-state index in [2.05, 4.69) is 43.4 Å². The van der Waals surface area contributed by atoms with Crippen molar-refractivity contribution in [2.75, 3.05) is 11.1 Å². The third-order valence-electron chi connectivity index (χ3n) is 4.18. The summed E-state index contributed by atoms with van der Waals surface area (Å²) >= 11 is 9.57. The molecule has 2 N–H and O–H groups in total. The number of carbonyl (C=O) groups is 2. The van der Waals surface area contributed by atoms with Crippen LogP contribution in [-0.2, 0) is 11.8 Å². The Balaban J connectivity index is 1.58. The average molecular weight is 556 g/mol. The van der Waals surface area contributed by atoms with Crippen LogP contribution in [0.2, 0.25) is 5.02 Å². The molecule has 30 heavy (non-hydrogen) atoms. The monoisotopic (exact) mass is 555 g/mol. The molecule has 1 aromatic heterocycles. The molecular formula is C20H19ClIN5O2S. The first-order valence-corrected chi connectivity index (χ1v) is 11.4. The van der Waals surface area contributed by atoms with Crippen LogP contribution in [0, 0.1) is 3.57 Å².